The molecule has 0 spiro atoms. The number of hydrogen-bond acceptors (Lipinski definition) is 5. The summed E-state index contributed by atoms with van der Waals surface area (Å²) in [5.74, 6) is -0.567. The van der Waals surface area contributed by atoms with Crippen molar-refractivity contribution in [2.24, 2.45) is 5.10 Å². The molecule has 1 N–H and O–H groups in total. The molecule has 9 heteroatoms. The molecule has 4 aromatic rings. The summed E-state index contributed by atoms with van der Waals surface area (Å²) >= 11 is 11.8. The molecule has 0 atom stereocenters. The number of carbonyl (C=O) groups is 2. The highest BCUT2D eigenvalue weighted by molar-refractivity contribution is 6.31. The third-order valence-corrected chi connectivity index (χ3v) is 5.15. The molecule has 4 rings (SSSR count). The first-order valence-corrected chi connectivity index (χ1v) is 10.9. The number of hydrogen-bond donors (Lipinski definition) is 1. The van der Waals surface area contributed by atoms with E-state index in [1.54, 1.807) is 71.5 Å². The van der Waals surface area contributed by atoms with Crippen LogP contribution in [-0.2, 0) is 6.54 Å². The third kappa shape index (κ3) is 6.31. The summed E-state index contributed by atoms with van der Waals surface area (Å²) in [5, 5.41) is 9.34. The van der Waals surface area contributed by atoms with Crippen LogP contribution >= 0.6 is 23.2 Å². The van der Waals surface area contributed by atoms with Gasteiger partial charge in [0.05, 0.1) is 18.3 Å². The Kier molecular flexibility index (Phi) is 7.37. The van der Waals surface area contributed by atoms with E-state index in [2.05, 4.69) is 15.6 Å². The molecule has 1 aromatic heterocycles. The zero-order valence-corrected chi connectivity index (χ0v) is 19.2. The standard InChI is InChI=1S/C25H18Cl2N4O3/c26-20-8-4-18(5-9-20)16-31-13-12-23(30-31)24(32)29-28-15-17-6-10-22(11-7-17)34-25(33)19-2-1-3-21(27)14-19/h1-15H,16H2,(H,29,32). The fourth-order valence-electron chi connectivity index (χ4n) is 2.97. The Hall–Kier alpha value is -3.94. The van der Waals surface area contributed by atoms with Crippen molar-refractivity contribution in [2.75, 3.05) is 0 Å². The minimum atomic E-state index is -0.508. The Morgan fingerprint density at radius 2 is 1.74 bits per heavy atom. The van der Waals surface area contributed by atoms with E-state index in [0.717, 1.165) is 5.56 Å². The lowest BCUT2D eigenvalue weighted by Gasteiger charge is -2.05. The summed E-state index contributed by atoms with van der Waals surface area (Å²) in [5.41, 5.74) is 4.77. The van der Waals surface area contributed by atoms with E-state index in [4.69, 9.17) is 27.9 Å². The Morgan fingerprint density at radius 1 is 0.971 bits per heavy atom. The van der Waals surface area contributed by atoms with Gasteiger partial charge in [-0.15, -0.1) is 0 Å². The van der Waals surface area contributed by atoms with E-state index in [9.17, 15) is 9.59 Å². The average molecular weight is 493 g/mol. The van der Waals surface area contributed by atoms with Crippen LogP contribution in [-0.4, -0.2) is 27.9 Å². The quantitative estimate of drug-likeness (QED) is 0.166. The van der Waals surface area contributed by atoms with Crippen LogP contribution in [0.1, 0.15) is 32.0 Å². The number of rotatable bonds is 7. The van der Waals surface area contributed by atoms with Gasteiger partial charge in [0.1, 0.15) is 5.75 Å². The number of aromatic nitrogens is 2. The van der Waals surface area contributed by atoms with Gasteiger partial charge in [0.25, 0.3) is 5.91 Å². The SMILES string of the molecule is O=C(Oc1ccc(C=NNC(=O)c2ccn(Cc3ccc(Cl)cc3)n2)cc1)c1cccc(Cl)c1. The lowest BCUT2D eigenvalue weighted by atomic mass is 10.2. The highest BCUT2D eigenvalue weighted by atomic mass is 35.5. The molecule has 1 heterocycles. The van der Waals surface area contributed by atoms with Gasteiger partial charge in [-0.05, 0) is 71.8 Å². The summed E-state index contributed by atoms with van der Waals surface area (Å²) in [7, 11) is 0. The molecule has 0 aliphatic heterocycles. The van der Waals surface area contributed by atoms with Crippen molar-refractivity contribution in [3.05, 3.63) is 117 Å². The van der Waals surface area contributed by atoms with Crippen molar-refractivity contribution in [1.82, 2.24) is 15.2 Å². The molecule has 1 amide bonds. The first-order valence-electron chi connectivity index (χ1n) is 10.2. The highest BCUT2D eigenvalue weighted by Crippen LogP contribution is 2.16. The summed E-state index contributed by atoms with van der Waals surface area (Å²) in [4.78, 5) is 24.5. The fraction of sp³-hybridized carbons (Fsp3) is 0.0400. The maximum absolute atomic E-state index is 12.3. The first-order chi connectivity index (χ1) is 16.5. The first kappa shape index (κ1) is 23.2. The van der Waals surface area contributed by atoms with Gasteiger partial charge >= 0.3 is 5.97 Å². The zero-order chi connectivity index (χ0) is 23.9. The molecule has 0 saturated carbocycles. The molecule has 0 aliphatic rings. The van der Waals surface area contributed by atoms with E-state index in [0.29, 0.717) is 33.5 Å². The molecular formula is C25H18Cl2N4O3. The van der Waals surface area contributed by atoms with Gasteiger partial charge in [-0.2, -0.15) is 10.2 Å². The van der Waals surface area contributed by atoms with E-state index in [1.165, 1.54) is 12.3 Å². The Labute approximate surface area is 205 Å². The predicted molar refractivity (Wildman–Crippen MR) is 131 cm³/mol. The molecule has 0 fully saturated rings. The topological polar surface area (TPSA) is 85.6 Å². The van der Waals surface area contributed by atoms with E-state index >= 15 is 0 Å². The fourth-order valence-corrected chi connectivity index (χ4v) is 3.29. The molecule has 0 bridgehead atoms. The monoisotopic (exact) mass is 492 g/mol. The molecule has 0 unspecified atom stereocenters. The van der Waals surface area contributed by atoms with Crippen molar-refractivity contribution in [1.29, 1.82) is 0 Å². The second-order valence-corrected chi connectivity index (χ2v) is 8.07. The third-order valence-electron chi connectivity index (χ3n) is 4.66. The van der Waals surface area contributed by atoms with Gasteiger partial charge in [-0.3, -0.25) is 9.48 Å². The lowest BCUT2D eigenvalue weighted by molar-refractivity contribution is 0.0734. The van der Waals surface area contributed by atoms with Crippen LogP contribution in [0.4, 0.5) is 0 Å². The summed E-state index contributed by atoms with van der Waals surface area (Å²) in [6.45, 7) is 0.516. The van der Waals surface area contributed by atoms with E-state index in [-0.39, 0.29) is 5.69 Å². The molecule has 0 aliphatic carbocycles. The number of nitrogens with one attached hydrogen (secondary N) is 1. The minimum absolute atomic E-state index is 0.245. The molecule has 3 aromatic carbocycles. The maximum Gasteiger partial charge on any atom is 0.343 e. The lowest BCUT2D eigenvalue weighted by Crippen LogP contribution is -2.18. The van der Waals surface area contributed by atoms with Crippen LogP contribution in [0.15, 0.2) is 90.2 Å². The number of benzene rings is 3. The van der Waals surface area contributed by atoms with Gasteiger partial charge in [-0.1, -0.05) is 41.4 Å². The Bertz CT molecular complexity index is 1330. The van der Waals surface area contributed by atoms with Crippen molar-refractivity contribution in [2.45, 2.75) is 6.54 Å². The zero-order valence-electron chi connectivity index (χ0n) is 17.7. The molecule has 0 radical (unpaired) electrons. The highest BCUT2D eigenvalue weighted by Gasteiger charge is 2.10. The smallest absolute Gasteiger partial charge is 0.343 e. The summed E-state index contributed by atoms with van der Waals surface area (Å²) in [6, 6.07) is 22.2. The Morgan fingerprint density at radius 3 is 2.47 bits per heavy atom. The summed E-state index contributed by atoms with van der Waals surface area (Å²) < 4.78 is 6.99. The van der Waals surface area contributed by atoms with Crippen molar-refractivity contribution >= 4 is 41.3 Å². The molecule has 7 nitrogen and oxygen atoms in total. The molecular weight excluding hydrogens is 475 g/mol. The molecule has 170 valence electrons. The number of esters is 1. The maximum atomic E-state index is 12.3. The number of nitrogens with zero attached hydrogens (tertiary/aromatic N) is 3. The number of halogens is 2. The van der Waals surface area contributed by atoms with Gasteiger partial charge in [0.2, 0.25) is 0 Å². The van der Waals surface area contributed by atoms with Crippen LogP contribution in [0.5, 0.6) is 5.75 Å². The van der Waals surface area contributed by atoms with Crippen LogP contribution in [0.25, 0.3) is 0 Å². The van der Waals surface area contributed by atoms with Crippen LogP contribution in [0.2, 0.25) is 10.0 Å². The van der Waals surface area contributed by atoms with E-state index in [1.807, 2.05) is 12.1 Å². The normalized spacial score (nSPS) is 10.9. The van der Waals surface area contributed by atoms with Gasteiger partial charge in [-0.25, -0.2) is 10.2 Å². The average Bonchev–Trinajstić information content (AvgIpc) is 3.30. The van der Waals surface area contributed by atoms with Gasteiger partial charge in [0.15, 0.2) is 5.69 Å². The molecule has 34 heavy (non-hydrogen) atoms. The second-order valence-electron chi connectivity index (χ2n) is 7.19. The van der Waals surface area contributed by atoms with Gasteiger partial charge in [0, 0.05) is 16.2 Å². The van der Waals surface area contributed by atoms with Crippen LogP contribution < -0.4 is 10.2 Å². The number of carbonyl (C=O) groups excluding carboxylic acids is 2. The molecule has 0 saturated heterocycles. The second kappa shape index (κ2) is 10.8. The number of hydrazone groups is 1. The van der Waals surface area contributed by atoms with E-state index < -0.39 is 11.9 Å². The Balaban J connectivity index is 1.29. The number of ether oxygens (including phenoxy) is 1. The van der Waals surface area contributed by atoms with Crippen LogP contribution in [0.3, 0.4) is 0 Å². The van der Waals surface area contributed by atoms with Crippen molar-refractivity contribution < 1.29 is 14.3 Å². The van der Waals surface area contributed by atoms with Gasteiger partial charge < -0.3 is 4.74 Å². The largest absolute Gasteiger partial charge is 0.423 e. The minimum Gasteiger partial charge on any atom is -0.423 e. The van der Waals surface area contributed by atoms with Crippen LogP contribution in [0, 0.1) is 0 Å². The van der Waals surface area contributed by atoms with Crippen molar-refractivity contribution in [3.8, 4) is 5.75 Å². The van der Waals surface area contributed by atoms with Crippen molar-refractivity contribution in [3.63, 3.8) is 0 Å². The summed E-state index contributed by atoms with van der Waals surface area (Å²) in [6.07, 6.45) is 3.20. The number of amides is 1. The predicted octanol–water partition coefficient (Wildman–Crippen LogP) is 5.22.